The number of hydrogen-bond acceptors (Lipinski definition) is 1. The second kappa shape index (κ2) is 4.60. The average Bonchev–Trinajstić information content (AvgIpc) is 2.60. The number of para-hydroxylation sites is 1. The van der Waals surface area contributed by atoms with Gasteiger partial charge in [-0.15, -0.1) is 0 Å². The molecule has 0 aromatic heterocycles. The molecule has 23 heavy (non-hydrogen) atoms. The lowest BCUT2D eigenvalue weighted by Crippen LogP contribution is -2.18. The summed E-state index contributed by atoms with van der Waals surface area (Å²) in [4.78, 5) is 2.32. The predicted octanol–water partition coefficient (Wildman–Crippen LogP) is 5.67. The minimum atomic E-state index is 1.01. The molecule has 110 valence electrons. The highest BCUT2D eigenvalue weighted by Gasteiger charge is 2.21. The second-order valence-corrected chi connectivity index (χ2v) is 6.35. The van der Waals surface area contributed by atoms with Gasteiger partial charge in [-0.25, -0.2) is 0 Å². The summed E-state index contributed by atoms with van der Waals surface area (Å²) >= 11 is 0. The van der Waals surface area contributed by atoms with Crippen molar-refractivity contribution in [1.82, 2.24) is 0 Å². The minimum absolute atomic E-state index is 1.01. The topological polar surface area (TPSA) is 3.24 Å². The van der Waals surface area contributed by atoms with Crippen LogP contribution in [0.5, 0.6) is 0 Å². The number of anilines is 2. The molecule has 1 heterocycles. The quantitative estimate of drug-likeness (QED) is 0.378. The molecule has 5 rings (SSSR count). The van der Waals surface area contributed by atoms with E-state index < -0.39 is 0 Å². The molecule has 0 unspecified atom stereocenters. The molecule has 0 radical (unpaired) electrons. The Kier molecular flexibility index (Phi) is 2.54. The molecular weight excluding hydrogens is 278 g/mol. The van der Waals surface area contributed by atoms with Gasteiger partial charge in [0.05, 0.1) is 0 Å². The van der Waals surface area contributed by atoms with Gasteiger partial charge in [0.1, 0.15) is 0 Å². The number of nitrogens with zero attached hydrogens (tertiary/aromatic N) is 1. The van der Waals surface area contributed by atoms with Crippen molar-refractivity contribution in [3.05, 3.63) is 83.9 Å². The molecule has 0 amide bonds. The van der Waals surface area contributed by atoms with Gasteiger partial charge in [-0.1, -0.05) is 48.5 Å². The van der Waals surface area contributed by atoms with Crippen molar-refractivity contribution in [3.8, 4) is 0 Å². The molecule has 0 N–H and O–H groups in total. The van der Waals surface area contributed by atoms with Gasteiger partial charge in [0.25, 0.3) is 0 Å². The maximum absolute atomic E-state index is 2.35. The van der Waals surface area contributed by atoms with Crippen LogP contribution in [0.2, 0.25) is 0 Å². The monoisotopic (exact) mass is 295 g/mol. The van der Waals surface area contributed by atoms with Crippen LogP contribution < -0.4 is 4.90 Å². The molecule has 0 saturated heterocycles. The molecule has 0 atom stereocenters. The summed E-state index contributed by atoms with van der Waals surface area (Å²) in [6, 6.07) is 26.5. The van der Waals surface area contributed by atoms with Crippen LogP contribution in [0.3, 0.4) is 0 Å². The maximum Gasteiger partial charge on any atom is 0.0450 e. The fourth-order valence-corrected chi connectivity index (χ4v) is 3.87. The number of fused-ring (bicyclic) bond motifs is 5. The van der Waals surface area contributed by atoms with Gasteiger partial charge < -0.3 is 4.90 Å². The van der Waals surface area contributed by atoms with Crippen molar-refractivity contribution < 1.29 is 0 Å². The third-order valence-corrected chi connectivity index (χ3v) is 5.05. The first-order valence-electron chi connectivity index (χ1n) is 8.07. The third kappa shape index (κ3) is 1.80. The maximum atomic E-state index is 2.35. The second-order valence-electron chi connectivity index (χ2n) is 6.35. The van der Waals surface area contributed by atoms with Crippen LogP contribution >= 0.6 is 0 Å². The zero-order chi connectivity index (χ0) is 15.4. The molecule has 0 fully saturated rings. The van der Waals surface area contributed by atoms with E-state index in [1.807, 2.05) is 0 Å². The van der Waals surface area contributed by atoms with Crippen LogP contribution in [-0.2, 0) is 6.42 Å². The summed E-state index contributed by atoms with van der Waals surface area (Å²) in [5, 5.41) is 5.33. The van der Waals surface area contributed by atoms with Crippen molar-refractivity contribution in [2.24, 2.45) is 0 Å². The van der Waals surface area contributed by atoms with Gasteiger partial charge in [-0.3, -0.25) is 0 Å². The summed E-state index contributed by atoms with van der Waals surface area (Å²) < 4.78 is 0. The first kappa shape index (κ1) is 12.7. The Morgan fingerprint density at radius 3 is 2.30 bits per heavy atom. The largest absolute Gasteiger partial charge is 0.344 e. The Morgan fingerprint density at radius 1 is 0.696 bits per heavy atom. The average molecular weight is 295 g/mol. The predicted molar refractivity (Wildman–Crippen MR) is 98.8 cm³/mol. The molecule has 0 aliphatic carbocycles. The van der Waals surface area contributed by atoms with Crippen LogP contribution in [-0.4, -0.2) is 7.05 Å². The Morgan fingerprint density at radius 2 is 1.43 bits per heavy atom. The van der Waals surface area contributed by atoms with E-state index in [1.54, 1.807) is 0 Å². The first-order chi connectivity index (χ1) is 11.3. The van der Waals surface area contributed by atoms with E-state index in [2.05, 4.69) is 84.7 Å². The molecule has 1 aliphatic heterocycles. The zero-order valence-electron chi connectivity index (χ0n) is 13.1. The van der Waals surface area contributed by atoms with Crippen LogP contribution in [0.1, 0.15) is 11.1 Å². The van der Waals surface area contributed by atoms with E-state index >= 15 is 0 Å². The fraction of sp³-hybridized carbons (Fsp3) is 0.0909. The molecule has 0 saturated carbocycles. The highest BCUT2D eigenvalue weighted by Crippen LogP contribution is 2.41. The Bertz CT molecular complexity index is 1060. The standard InChI is InChI=1S/C22H17N/c1-23-21-9-5-4-8-18(21)14-20-19-13-16-7-3-2-6-15(16)12-17(19)10-11-22(20)23/h2-13H,14H2,1H3. The number of hydrogen-bond donors (Lipinski definition) is 0. The van der Waals surface area contributed by atoms with Gasteiger partial charge in [-0.2, -0.15) is 0 Å². The summed E-state index contributed by atoms with van der Waals surface area (Å²) in [7, 11) is 2.17. The van der Waals surface area contributed by atoms with Crippen LogP contribution in [0.4, 0.5) is 11.4 Å². The van der Waals surface area contributed by atoms with E-state index in [-0.39, 0.29) is 0 Å². The molecule has 0 spiro atoms. The molecular formula is C22H17N. The number of rotatable bonds is 0. The van der Waals surface area contributed by atoms with Crippen molar-refractivity contribution in [3.63, 3.8) is 0 Å². The Labute approximate surface area is 135 Å². The molecule has 1 heteroatoms. The van der Waals surface area contributed by atoms with Crippen LogP contribution in [0, 0.1) is 0 Å². The number of benzene rings is 4. The Balaban J connectivity index is 1.83. The fourth-order valence-electron chi connectivity index (χ4n) is 3.87. The summed E-state index contributed by atoms with van der Waals surface area (Å²) in [6.45, 7) is 0. The van der Waals surface area contributed by atoms with Crippen LogP contribution in [0.15, 0.2) is 72.8 Å². The van der Waals surface area contributed by atoms with Crippen LogP contribution in [0.25, 0.3) is 21.5 Å². The van der Waals surface area contributed by atoms with Gasteiger partial charge >= 0.3 is 0 Å². The normalized spacial score (nSPS) is 13.2. The molecule has 4 aromatic carbocycles. The van der Waals surface area contributed by atoms with E-state index in [1.165, 1.54) is 44.0 Å². The van der Waals surface area contributed by atoms with Crippen molar-refractivity contribution in [2.75, 3.05) is 11.9 Å². The Hall–Kier alpha value is -2.80. The lowest BCUT2D eigenvalue weighted by atomic mass is 9.90. The highest BCUT2D eigenvalue weighted by molar-refractivity contribution is 6.02. The van der Waals surface area contributed by atoms with Gasteiger partial charge in [0.2, 0.25) is 0 Å². The lowest BCUT2D eigenvalue weighted by molar-refractivity contribution is 1.07. The lowest BCUT2D eigenvalue weighted by Gasteiger charge is -2.31. The van der Waals surface area contributed by atoms with Gasteiger partial charge in [-0.05, 0) is 56.9 Å². The summed E-state index contributed by atoms with van der Waals surface area (Å²) in [6.07, 6.45) is 1.01. The van der Waals surface area contributed by atoms with E-state index in [0.717, 1.165) is 6.42 Å². The molecule has 1 aliphatic rings. The molecule has 1 nitrogen and oxygen atoms in total. The third-order valence-electron chi connectivity index (χ3n) is 5.05. The minimum Gasteiger partial charge on any atom is -0.344 e. The molecule has 0 bridgehead atoms. The zero-order valence-corrected chi connectivity index (χ0v) is 13.1. The van der Waals surface area contributed by atoms with E-state index in [9.17, 15) is 0 Å². The van der Waals surface area contributed by atoms with Crippen molar-refractivity contribution in [2.45, 2.75) is 6.42 Å². The first-order valence-corrected chi connectivity index (χ1v) is 8.07. The SMILES string of the molecule is CN1c2ccccc2Cc2c1ccc1cc3ccccc3cc21. The smallest absolute Gasteiger partial charge is 0.0450 e. The van der Waals surface area contributed by atoms with E-state index in [0.29, 0.717) is 0 Å². The summed E-state index contributed by atoms with van der Waals surface area (Å²) in [5.41, 5.74) is 5.49. The highest BCUT2D eigenvalue weighted by atomic mass is 15.1. The van der Waals surface area contributed by atoms with Gasteiger partial charge in [0, 0.05) is 24.8 Å². The van der Waals surface area contributed by atoms with Gasteiger partial charge in [0.15, 0.2) is 0 Å². The summed E-state index contributed by atoms with van der Waals surface area (Å²) in [5.74, 6) is 0. The van der Waals surface area contributed by atoms with Crippen molar-refractivity contribution in [1.29, 1.82) is 0 Å². The van der Waals surface area contributed by atoms with E-state index in [4.69, 9.17) is 0 Å². The van der Waals surface area contributed by atoms with Crippen molar-refractivity contribution >= 4 is 32.9 Å². The molecule has 4 aromatic rings.